The molecule has 2 heteroatoms. The van der Waals surface area contributed by atoms with Crippen LogP contribution in [0.15, 0.2) is 36.4 Å². The summed E-state index contributed by atoms with van der Waals surface area (Å²) in [6, 6.07) is 12.6. The van der Waals surface area contributed by atoms with Gasteiger partial charge in [-0.05, 0) is 51.8 Å². The molecule has 2 nitrogen and oxygen atoms in total. The number of rotatable bonds is 5. The number of hydrogen-bond donors (Lipinski definition) is 1. The second kappa shape index (κ2) is 6.66. The van der Waals surface area contributed by atoms with E-state index in [1.54, 1.807) is 0 Å². The fraction of sp³-hybridized carbons (Fsp3) is 0.368. The van der Waals surface area contributed by atoms with Crippen molar-refractivity contribution in [2.45, 2.75) is 47.3 Å². The van der Waals surface area contributed by atoms with Crippen molar-refractivity contribution in [1.82, 2.24) is 0 Å². The van der Waals surface area contributed by atoms with E-state index in [0.717, 1.165) is 12.3 Å². The van der Waals surface area contributed by atoms with Crippen LogP contribution in [-0.4, -0.2) is 6.10 Å². The molecule has 0 aliphatic heterocycles. The van der Waals surface area contributed by atoms with E-state index in [1.807, 2.05) is 12.1 Å². The summed E-state index contributed by atoms with van der Waals surface area (Å²) in [5.74, 6) is 0.961. The Balaban J connectivity index is 2.17. The summed E-state index contributed by atoms with van der Waals surface area (Å²) in [7, 11) is 0. The average Bonchev–Trinajstić information content (AvgIpc) is 2.38. The molecule has 2 rings (SSSR count). The third-order valence-electron chi connectivity index (χ3n) is 3.47. The number of nitrogens with one attached hydrogen (secondary N) is 1. The Kier molecular flexibility index (Phi) is 4.89. The summed E-state index contributed by atoms with van der Waals surface area (Å²) in [6.45, 7) is 11.3. The summed E-state index contributed by atoms with van der Waals surface area (Å²) >= 11 is 0. The smallest absolute Gasteiger partial charge is 0.124 e. The first-order valence-electron chi connectivity index (χ1n) is 7.53. The van der Waals surface area contributed by atoms with Gasteiger partial charge in [0.15, 0.2) is 0 Å². The van der Waals surface area contributed by atoms with Crippen LogP contribution in [0.1, 0.15) is 36.1 Å². The van der Waals surface area contributed by atoms with Gasteiger partial charge in [-0.1, -0.05) is 35.9 Å². The molecule has 0 aliphatic rings. The molecule has 0 heterocycles. The molecule has 0 aliphatic carbocycles. The Morgan fingerprint density at radius 2 is 1.62 bits per heavy atom. The number of aryl methyl sites for hydroxylation is 3. The van der Waals surface area contributed by atoms with Gasteiger partial charge in [0.2, 0.25) is 0 Å². The Morgan fingerprint density at radius 3 is 2.24 bits per heavy atom. The quantitative estimate of drug-likeness (QED) is 0.832. The first-order chi connectivity index (χ1) is 9.97. The monoisotopic (exact) mass is 283 g/mol. The van der Waals surface area contributed by atoms with Crippen LogP contribution in [0.4, 0.5) is 5.69 Å². The number of para-hydroxylation sites is 1. The highest BCUT2D eigenvalue weighted by molar-refractivity contribution is 5.58. The number of benzene rings is 2. The third kappa shape index (κ3) is 4.01. The van der Waals surface area contributed by atoms with Crippen molar-refractivity contribution >= 4 is 5.69 Å². The van der Waals surface area contributed by atoms with Gasteiger partial charge in [-0.3, -0.25) is 0 Å². The highest BCUT2D eigenvalue weighted by Gasteiger charge is 2.07. The molecule has 0 aromatic heterocycles. The largest absolute Gasteiger partial charge is 0.491 e. The zero-order valence-electron chi connectivity index (χ0n) is 13.7. The molecule has 0 saturated carbocycles. The lowest BCUT2D eigenvalue weighted by Gasteiger charge is -2.17. The molecular formula is C19H25NO. The van der Waals surface area contributed by atoms with Crippen LogP contribution in [0.3, 0.4) is 0 Å². The van der Waals surface area contributed by atoms with Crippen molar-refractivity contribution in [1.29, 1.82) is 0 Å². The van der Waals surface area contributed by atoms with Crippen LogP contribution in [0, 0.1) is 20.8 Å². The molecule has 0 amide bonds. The first kappa shape index (κ1) is 15.4. The molecule has 0 saturated heterocycles. The van der Waals surface area contributed by atoms with Crippen molar-refractivity contribution < 1.29 is 4.74 Å². The fourth-order valence-electron chi connectivity index (χ4n) is 2.66. The van der Waals surface area contributed by atoms with E-state index in [4.69, 9.17) is 4.74 Å². The lowest BCUT2D eigenvalue weighted by Crippen LogP contribution is -2.10. The molecule has 2 aromatic carbocycles. The summed E-state index contributed by atoms with van der Waals surface area (Å²) in [5, 5.41) is 3.56. The first-order valence-corrected chi connectivity index (χ1v) is 7.53. The Hall–Kier alpha value is -1.96. The normalized spacial score (nSPS) is 10.8. The van der Waals surface area contributed by atoms with E-state index in [-0.39, 0.29) is 6.10 Å². The van der Waals surface area contributed by atoms with Gasteiger partial charge in [-0.15, -0.1) is 0 Å². The maximum absolute atomic E-state index is 5.87. The maximum atomic E-state index is 5.87. The molecular weight excluding hydrogens is 258 g/mol. The van der Waals surface area contributed by atoms with Crippen LogP contribution < -0.4 is 10.1 Å². The van der Waals surface area contributed by atoms with Crippen LogP contribution in [0.5, 0.6) is 5.75 Å². The van der Waals surface area contributed by atoms with Crippen molar-refractivity contribution in [2.75, 3.05) is 5.32 Å². The third-order valence-corrected chi connectivity index (χ3v) is 3.47. The highest BCUT2D eigenvalue weighted by atomic mass is 16.5. The molecule has 2 aromatic rings. The number of hydrogen-bond acceptors (Lipinski definition) is 2. The van der Waals surface area contributed by atoms with Gasteiger partial charge in [0.1, 0.15) is 5.75 Å². The molecule has 0 radical (unpaired) electrons. The van der Waals surface area contributed by atoms with Crippen molar-refractivity contribution in [3.8, 4) is 5.75 Å². The van der Waals surface area contributed by atoms with Crippen LogP contribution in [-0.2, 0) is 6.54 Å². The van der Waals surface area contributed by atoms with E-state index < -0.39 is 0 Å². The highest BCUT2D eigenvalue weighted by Crippen LogP contribution is 2.25. The minimum Gasteiger partial charge on any atom is -0.491 e. The van der Waals surface area contributed by atoms with E-state index >= 15 is 0 Å². The lowest BCUT2D eigenvalue weighted by molar-refractivity contribution is 0.240. The summed E-state index contributed by atoms with van der Waals surface area (Å²) in [6.07, 6.45) is 0.189. The van der Waals surface area contributed by atoms with E-state index in [9.17, 15) is 0 Å². The van der Waals surface area contributed by atoms with Gasteiger partial charge < -0.3 is 10.1 Å². The lowest BCUT2D eigenvalue weighted by atomic mass is 10.0. The van der Waals surface area contributed by atoms with Crippen LogP contribution in [0.25, 0.3) is 0 Å². The second-order valence-corrected chi connectivity index (χ2v) is 5.90. The summed E-state index contributed by atoms with van der Waals surface area (Å²) < 4.78 is 5.87. The predicted molar refractivity (Wildman–Crippen MR) is 90.2 cm³/mol. The Labute approximate surface area is 128 Å². The summed E-state index contributed by atoms with van der Waals surface area (Å²) in [4.78, 5) is 0. The SMILES string of the molecule is Cc1cc(C)c(NCc2ccccc2OC(C)C)c(C)c1. The minimum atomic E-state index is 0.189. The standard InChI is InChI=1S/C19H25NO/c1-13(2)21-18-9-7-6-8-17(18)12-20-19-15(4)10-14(3)11-16(19)5/h6-11,13,20H,12H2,1-5H3. The zero-order valence-corrected chi connectivity index (χ0v) is 13.7. The van der Waals surface area contributed by atoms with Gasteiger partial charge >= 0.3 is 0 Å². The molecule has 0 unspecified atom stereocenters. The topological polar surface area (TPSA) is 21.3 Å². The van der Waals surface area contributed by atoms with Crippen molar-refractivity contribution in [2.24, 2.45) is 0 Å². The fourth-order valence-corrected chi connectivity index (χ4v) is 2.66. The van der Waals surface area contributed by atoms with Gasteiger partial charge in [0.05, 0.1) is 6.10 Å². The minimum absolute atomic E-state index is 0.189. The van der Waals surface area contributed by atoms with Crippen LogP contribution in [0.2, 0.25) is 0 Å². The molecule has 0 fully saturated rings. The average molecular weight is 283 g/mol. The molecule has 0 spiro atoms. The number of ether oxygens (including phenoxy) is 1. The van der Waals surface area contributed by atoms with Gasteiger partial charge in [0.25, 0.3) is 0 Å². The molecule has 0 bridgehead atoms. The Bertz CT molecular complexity index is 594. The van der Waals surface area contributed by atoms with Crippen molar-refractivity contribution in [3.63, 3.8) is 0 Å². The van der Waals surface area contributed by atoms with Crippen LogP contribution >= 0.6 is 0 Å². The van der Waals surface area contributed by atoms with E-state index in [2.05, 4.69) is 64.2 Å². The zero-order chi connectivity index (χ0) is 15.4. The van der Waals surface area contributed by atoms with E-state index in [1.165, 1.54) is 27.9 Å². The molecule has 21 heavy (non-hydrogen) atoms. The summed E-state index contributed by atoms with van der Waals surface area (Å²) in [5.41, 5.74) is 6.29. The Morgan fingerprint density at radius 1 is 1.00 bits per heavy atom. The van der Waals surface area contributed by atoms with Gasteiger partial charge in [-0.25, -0.2) is 0 Å². The van der Waals surface area contributed by atoms with Crippen molar-refractivity contribution in [3.05, 3.63) is 58.7 Å². The van der Waals surface area contributed by atoms with Gasteiger partial charge in [0, 0.05) is 17.8 Å². The molecule has 0 atom stereocenters. The van der Waals surface area contributed by atoms with Gasteiger partial charge in [-0.2, -0.15) is 0 Å². The maximum Gasteiger partial charge on any atom is 0.124 e. The second-order valence-electron chi connectivity index (χ2n) is 5.90. The van der Waals surface area contributed by atoms with E-state index in [0.29, 0.717) is 0 Å². The number of anilines is 1. The molecule has 112 valence electrons. The predicted octanol–water partition coefficient (Wildman–Crippen LogP) is 5.01. The molecule has 1 N–H and O–H groups in total.